The number of ether oxygens (including phenoxy) is 2. The summed E-state index contributed by atoms with van der Waals surface area (Å²) in [6.07, 6.45) is 73.8. The Kier molecular flexibility index (Phi) is 66.0. The van der Waals surface area contributed by atoms with Gasteiger partial charge in [-0.15, -0.1) is 0 Å². The molecule has 0 aromatic heterocycles. The quantitative estimate of drug-likeness (QED) is 0.0450. The number of carbonyl (C=O) groups is 2. The third-order valence-corrected chi connectivity index (χ3v) is 15.3. The van der Waals surface area contributed by atoms with Crippen LogP contribution in [0.4, 0.5) is 0 Å². The van der Waals surface area contributed by atoms with E-state index < -0.39 is 0 Å². The van der Waals surface area contributed by atoms with E-state index in [1.165, 1.54) is 315 Å². The van der Waals surface area contributed by atoms with Crippen LogP contribution >= 0.6 is 0 Å². The largest absolute Gasteiger partial charge is 0.462 e. The van der Waals surface area contributed by atoms with E-state index in [0.717, 1.165) is 38.5 Å². The standard InChI is InChI=1S/C34H68O2.C33H66O2/c1-4-7-10-13-16-17-18-19-20-21-23-26-29-32-34(35)36-33(30-27-24-15-12-9-6-3)31-28-25-22-14-11-8-5-2;1-4-7-10-13-15-16-17-18-19-20-22-25-28-31-33(34)35-32(29-26-23-12-9-6-3)30-27-24-21-14-11-8-5-2/h33H,4-32H2,1-3H3;32H,4-31H2,1-3H3. The molecule has 0 amide bonds. The lowest BCUT2D eigenvalue weighted by molar-refractivity contribution is -0.151. The van der Waals surface area contributed by atoms with Crippen LogP contribution in [0.3, 0.4) is 0 Å². The molecule has 0 saturated carbocycles. The van der Waals surface area contributed by atoms with Gasteiger partial charge >= 0.3 is 11.9 Å². The summed E-state index contributed by atoms with van der Waals surface area (Å²) < 4.78 is 12.0. The summed E-state index contributed by atoms with van der Waals surface area (Å²) in [4.78, 5) is 25.0. The predicted molar refractivity (Wildman–Crippen MR) is 317 cm³/mol. The fourth-order valence-electron chi connectivity index (χ4n) is 10.4. The number of hydrogen-bond donors (Lipinski definition) is 0. The Labute approximate surface area is 448 Å². The normalized spacial score (nSPS) is 12.2. The first-order chi connectivity index (χ1) is 35.0. The van der Waals surface area contributed by atoms with E-state index in [9.17, 15) is 9.59 Å². The Morgan fingerprint density at radius 3 is 0.521 bits per heavy atom. The molecule has 0 radical (unpaired) electrons. The first-order valence-corrected chi connectivity index (χ1v) is 33.4. The molecule has 0 saturated heterocycles. The highest BCUT2D eigenvalue weighted by molar-refractivity contribution is 5.69. The van der Waals surface area contributed by atoms with Crippen LogP contribution in [0, 0.1) is 0 Å². The summed E-state index contributed by atoms with van der Waals surface area (Å²) in [7, 11) is 0. The molecule has 4 heteroatoms. The number of unbranched alkanes of at least 4 members (excludes halogenated alkanes) is 45. The summed E-state index contributed by atoms with van der Waals surface area (Å²) in [6.45, 7) is 13.7. The molecule has 0 bridgehead atoms. The maximum absolute atomic E-state index is 12.5. The van der Waals surface area contributed by atoms with Gasteiger partial charge in [-0.3, -0.25) is 9.59 Å². The first kappa shape index (κ1) is 72.0. The first-order valence-electron chi connectivity index (χ1n) is 33.4. The van der Waals surface area contributed by atoms with Crippen molar-refractivity contribution >= 4 is 11.9 Å². The van der Waals surface area contributed by atoms with Crippen LogP contribution in [0.25, 0.3) is 0 Å². The lowest BCUT2D eigenvalue weighted by Gasteiger charge is -2.18. The molecule has 0 heterocycles. The second-order valence-corrected chi connectivity index (χ2v) is 22.8. The number of hydrogen-bond acceptors (Lipinski definition) is 4. The van der Waals surface area contributed by atoms with E-state index in [1.807, 2.05) is 0 Å². The fourth-order valence-corrected chi connectivity index (χ4v) is 10.4. The number of carbonyl (C=O) groups excluding carboxylic acids is 2. The average molecular weight is 1000 g/mol. The van der Waals surface area contributed by atoms with Crippen LogP contribution in [0.5, 0.6) is 0 Å². The molecule has 0 aliphatic rings. The molecule has 0 fully saturated rings. The van der Waals surface area contributed by atoms with Crippen molar-refractivity contribution in [3.63, 3.8) is 0 Å². The van der Waals surface area contributed by atoms with Gasteiger partial charge in [0, 0.05) is 12.8 Å². The van der Waals surface area contributed by atoms with Gasteiger partial charge in [0.25, 0.3) is 0 Å². The van der Waals surface area contributed by atoms with Gasteiger partial charge in [-0.05, 0) is 64.2 Å². The molecule has 0 aromatic rings. The zero-order chi connectivity index (χ0) is 52.0. The summed E-state index contributed by atoms with van der Waals surface area (Å²) in [6, 6.07) is 0. The Morgan fingerprint density at radius 1 is 0.211 bits per heavy atom. The monoisotopic (exact) mass is 1000 g/mol. The van der Waals surface area contributed by atoms with Gasteiger partial charge in [-0.2, -0.15) is 0 Å². The summed E-state index contributed by atoms with van der Waals surface area (Å²) in [5.41, 5.74) is 0. The summed E-state index contributed by atoms with van der Waals surface area (Å²) in [5, 5.41) is 0. The maximum atomic E-state index is 12.5. The fraction of sp³-hybridized carbons (Fsp3) is 0.970. The van der Waals surface area contributed by atoms with E-state index in [-0.39, 0.29) is 24.1 Å². The molecule has 0 N–H and O–H groups in total. The average Bonchev–Trinajstić information content (AvgIpc) is 3.37. The highest BCUT2D eigenvalue weighted by Gasteiger charge is 2.16. The SMILES string of the molecule is CCCCCCCCCCCCCCCC(=O)OC(CCCCCCC)CCCCCCCCC.CCCCCCCCCCCCCCCC(=O)OC(CCCCCCCC)CCCCCCCCC. The van der Waals surface area contributed by atoms with E-state index in [0.29, 0.717) is 12.8 Å². The maximum Gasteiger partial charge on any atom is 0.306 e. The van der Waals surface area contributed by atoms with Gasteiger partial charge in [0.15, 0.2) is 0 Å². The minimum atomic E-state index is 0.0644. The summed E-state index contributed by atoms with van der Waals surface area (Å²) in [5.74, 6) is 0.131. The van der Waals surface area contributed by atoms with Crippen LogP contribution in [-0.4, -0.2) is 24.1 Å². The van der Waals surface area contributed by atoms with E-state index in [1.54, 1.807) is 0 Å². The van der Waals surface area contributed by atoms with Gasteiger partial charge in [0.1, 0.15) is 12.2 Å². The molecule has 2 unspecified atom stereocenters. The smallest absolute Gasteiger partial charge is 0.306 e. The number of esters is 2. The van der Waals surface area contributed by atoms with Crippen molar-refractivity contribution in [2.45, 2.75) is 420 Å². The Morgan fingerprint density at radius 2 is 0.352 bits per heavy atom. The molecular formula is C67H134O4. The van der Waals surface area contributed by atoms with Crippen molar-refractivity contribution in [1.29, 1.82) is 0 Å². The zero-order valence-electron chi connectivity index (χ0n) is 50.1. The van der Waals surface area contributed by atoms with Crippen molar-refractivity contribution in [1.82, 2.24) is 0 Å². The van der Waals surface area contributed by atoms with Gasteiger partial charge in [0.2, 0.25) is 0 Å². The topological polar surface area (TPSA) is 52.6 Å². The predicted octanol–water partition coefficient (Wildman–Crippen LogP) is 24.2. The van der Waals surface area contributed by atoms with Gasteiger partial charge in [-0.25, -0.2) is 0 Å². The van der Waals surface area contributed by atoms with Gasteiger partial charge < -0.3 is 9.47 Å². The van der Waals surface area contributed by atoms with Crippen LogP contribution in [0.2, 0.25) is 0 Å². The van der Waals surface area contributed by atoms with E-state index in [2.05, 4.69) is 41.5 Å². The molecule has 0 rings (SSSR count). The van der Waals surface area contributed by atoms with Gasteiger partial charge in [-0.1, -0.05) is 330 Å². The molecular weight excluding hydrogens is 869 g/mol. The van der Waals surface area contributed by atoms with E-state index in [4.69, 9.17) is 9.47 Å². The van der Waals surface area contributed by atoms with Crippen LogP contribution in [-0.2, 0) is 19.1 Å². The van der Waals surface area contributed by atoms with Crippen molar-refractivity contribution in [3.05, 3.63) is 0 Å². The van der Waals surface area contributed by atoms with Crippen molar-refractivity contribution < 1.29 is 19.1 Å². The van der Waals surface area contributed by atoms with Crippen molar-refractivity contribution in [3.8, 4) is 0 Å². The lowest BCUT2D eigenvalue weighted by atomic mass is 10.0. The van der Waals surface area contributed by atoms with Crippen molar-refractivity contribution in [2.75, 3.05) is 0 Å². The molecule has 0 aliphatic heterocycles. The Bertz CT molecular complexity index is 979. The minimum Gasteiger partial charge on any atom is -0.462 e. The molecule has 4 nitrogen and oxygen atoms in total. The van der Waals surface area contributed by atoms with Crippen molar-refractivity contribution in [2.24, 2.45) is 0 Å². The number of rotatable bonds is 59. The second kappa shape index (κ2) is 65.1. The van der Waals surface area contributed by atoms with Crippen LogP contribution in [0.15, 0.2) is 0 Å². The third kappa shape index (κ3) is 63.2. The Balaban J connectivity index is 0. The second-order valence-electron chi connectivity index (χ2n) is 22.8. The molecule has 71 heavy (non-hydrogen) atoms. The van der Waals surface area contributed by atoms with E-state index >= 15 is 0 Å². The molecule has 0 aromatic carbocycles. The van der Waals surface area contributed by atoms with Gasteiger partial charge in [0.05, 0.1) is 0 Å². The molecule has 2 atom stereocenters. The molecule has 0 spiro atoms. The van der Waals surface area contributed by atoms with Crippen LogP contribution < -0.4 is 0 Å². The highest BCUT2D eigenvalue weighted by atomic mass is 16.5. The lowest BCUT2D eigenvalue weighted by Crippen LogP contribution is -2.18. The van der Waals surface area contributed by atoms with Crippen LogP contribution in [0.1, 0.15) is 408 Å². The third-order valence-electron chi connectivity index (χ3n) is 15.3. The minimum absolute atomic E-state index is 0.0644. The summed E-state index contributed by atoms with van der Waals surface area (Å²) >= 11 is 0. The highest BCUT2D eigenvalue weighted by Crippen LogP contribution is 2.21. The Hall–Kier alpha value is -1.06. The zero-order valence-corrected chi connectivity index (χ0v) is 50.1. The molecule has 426 valence electrons. The molecule has 0 aliphatic carbocycles.